The first-order valence-corrected chi connectivity index (χ1v) is 5.40. The fourth-order valence-corrected chi connectivity index (χ4v) is 1.52. The Hall–Kier alpha value is -0.740. The molecule has 82 valence electrons. The summed E-state index contributed by atoms with van der Waals surface area (Å²) in [6, 6.07) is 2.61. The summed E-state index contributed by atoms with van der Waals surface area (Å²) in [5, 5.41) is 2.94. The lowest BCUT2D eigenvalue weighted by Crippen LogP contribution is -2.16. The van der Waals surface area contributed by atoms with Crippen LogP contribution in [0.1, 0.15) is 12.0 Å². The molecule has 0 bridgehead atoms. The monoisotopic (exact) mass is 275 g/mol. The lowest BCUT2D eigenvalue weighted by molar-refractivity contribution is 0.533. The van der Waals surface area contributed by atoms with Crippen molar-refractivity contribution in [3.05, 3.63) is 46.5 Å². The molecule has 0 radical (unpaired) electrons. The van der Waals surface area contributed by atoms with Crippen LogP contribution in [0, 0.1) is 11.6 Å². The Morgan fingerprint density at radius 2 is 2.13 bits per heavy atom. The van der Waals surface area contributed by atoms with Gasteiger partial charge in [0.2, 0.25) is 0 Å². The first kappa shape index (κ1) is 12.3. The average molecular weight is 276 g/mol. The molecule has 0 aliphatic carbocycles. The van der Waals surface area contributed by atoms with Gasteiger partial charge in [-0.3, -0.25) is 0 Å². The van der Waals surface area contributed by atoms with Crippen LogP contribution in [-0.2, 0) is 6.54 Å². The summed E-state index contributed by atoms with van der Waals surface area (Å²) >= 11 is 3.02. The van der Waals surface area contributed by atoms with Crippen molar-refractivity contribution in [1.29, 1.82) is 0 Å². The van der Waals surface area contributed by atoms with Gasteiger partial charge in [-0.15, -0.1) is 6.58 Å². The van der Waals surface area contributed by atoms with Crippen molar-refractivity contribution in [3.63, 3.8) is 0 Å². The van der Waals surface area contributed by atoms with E-state index >= 15 is 0 Å². The number of hydrogen-bond acceptors (Lipinski definition) is 1. The predicted molar refractivity (Wildman–Crippen MR) is 60.6 cm³/mol. The molecule has 15 heavy (non-hydrogen) atoms. The van der Waals surface area contributed by atoms with Crippen molar-refractivity contribution in [3.8, 4) is 0 Å². The van der Waals surface area contributed by atoms with E-state index in [4.69, 9.17) is 0 Å². The van der Waals surface area contributed by atoms with Crippen LogP contribution in [0.15, 0.2) is 29.3 Å². The lowest BCUT2D eigenvalue weighted by atomic mass is 10.2. The molecule has 0 amide bonds. The Kier molecular flexibility index (Phi) is 4.91. The van der Waals surface area contributed by atoms with Gasteiger partial charge < -0.3 is 5.32 Å². The normalized spacial score (nSPS) is 10.3. The van der Waals surface area contributed by atoms with Crippen LogP contribution in [0.25, 0.3) is 0 Å². The molecular formula is C11H12BrF2N. The largest absolute Gasteiger partial charge is 0.312 e. The van der Waals surface area contributed by atoms with E-state index in [1.54, 1.807) is 6.08 Å². The van der Waals surface area contributed by atoms with Gasteiger partial charge in [0.15, 0.2) is 0 Å². The standard InChI is InChI=1S/C11H12BrF2N/c1-2-3-6-15-7-8-10(13)5-4-9(12)11(8)14/h2,4-5,15H,1,3,6-7H2. The van der Waals surface area contributed by atoms with Crippen LogP contribution in [-0.4, -0.2) is 6.54 Å². The molecule has 1 rings (SSSR count). The molecule has 0 fully saturated rings. The van der Waals surface area contributed by atoms with Crippen molar-refractivity contribution in [2.45, 2.75) is 13.0 Å². The van der Waals surface area contributed by atoms with Crippen LogP contribution in [0.3, 0.4) is 0 Å². The number of rotatable bonds is 5. The zero-order chi connectivity index (χ0) is 11.3. The maximum Gasteiger partial charge on any atom is 0.144 e. The molecular weight excluding hydrogens is 264 g/mol. The molecule has 0 atom stereocenters. The van der Waals surface area contributed by atoms with Crippen LogP contribution in [0.2, 0.25) is 0 Å². The number of benzene rings is 1. The molecule has 0 saturated heterocycles. The smallest absolute Gasteiger partial charge is 0.144 e. The van der Waals surface area contributed by atoms with E-state index in [9.17, 15) is 8.78 Å². The highest BCUT2D eigenvalue weighted by molar-refractivity contribution is 9.10. The summed E-state index contributed by atoms with van der Waals surface area (Å²) < 4.78 is 26.9. The van der Waals surface area contributed by atoms with Gasteiger partial charge in [0.05, 0.1) is 4.47 Å². The third-order valence-electron chi connectivity index (χ3n) is 1.97. The molecule has 0 unspecified atom stereocenters. The number of hydrogen-bond donors (Lipinski definition) is 1. The Morgan fingerprint density at radius 1 is 1.40 bits per heavy atom. The number of nitrogens with one attached hydrogen (secondary N) is 1. The highest BCUT2D eigenvalue weighted by Gasteiger charge is 2.11. The molecule has 1 N–H and O–H groups in total. The second-order valence-electron chi connectivity index (χ2n) is 3.08. The zero-order valence-electron chi connectivity index (χ0n) is 8.19. The number of halogens is 3. The van der Waals surface area contributed by atoms with Crippen molar-refractivity contribution in [2.75, 3.05) is 6.54 Å². The van der Waals surface area contributed by atoms with Crippen LogP contribution in [0.4, 0.5) is 8.78 Å². The summed E-state index contributed by atoms with van der Waals surface area (Å²) in [7, 11) is 0. The van der Waals surface area contributed by atoms with E-state index < -0.39 is 11.6 Å². The summed E-state index contributed by atoms with van der Waals surface area (Å²) in [4.78, 5) is 0. The maximum absolute atomic E-state index is 13.4. The predicted octanol–water partition coefficient (Wildman–Crippen LogP) is 3.39. The van der Waals surface area contributed by atoms with Gasteiger partial charge in [0.25, 0.3) is 0 Å². The van der Waals surface area contributed by atoms with Crippen LogP contribution < -0.4 is 5.32 Å². The van der Waals surface area contributed by atoms with Crippen LogP contribution >= 0.6 is 15.9 Å². The van der Waals surface area contributed by atoms with Gasteiger partial charge in [0.1, 0.15) is 11.6 Å². The maximum atomic E-state index is 13.4. The van der Waals surface area contributed by atoms with Gasteiger partial charge in [-0.05, 0) is 41.0 Å². The summed E-state index contributed by atoms with van der Waals surface area (Å²) in [6.07, 6.45) is 2.53. The zero-order valence-corrected chi connectivity index (χ0v) is 9.78. The molecule has 0 aliphatic heterocycles. The van der Waals surface area contributed by atoms with Gasteiger partial charge in [-0.25, -0.2) is 8.78 Å². The van der Waals surface area contributed by atoms with E-state index in [-0.39, 0.29) is 16.6 Å². The van der Waals surface area contributed by atoms with E-state index in [0.29, 0.717) is 6.54 Å². The first-order chi connectivity index (χ1) is 7.16. The third-order valence-corrected chi connectivity index (χ3v) is 2.58. The topological polar surface area (TPSA) is 12.0 Å². The van der Waals surface area contributed by atoms with E-state index in [0.717, 1.165) is 6.42 Å². The Labute approximate surface area is 96.3 Å². The molecule has 0 saturated carbocycles. The molecule has 1 nitrogen and oxygen atoms in total. The highest BCUT2D eigenvalue weighted by Crippen LogP contribution is 2.21. The second-order valence-corrected chi connectivity index (χ2v) is 3.93. The fraction of sp³-hybridized carbons (Fsp3) is 0.273. The highest BCUT2D eigenvalue weighted by atomic mass is 79.9. The van der Waals surface area contributed by atoms with Crippen molar-refractivity contribution in [2.24, 2.45) is 0 Å². The molecule has 0 aliphatic rings. The summed E-state index contributed by atoms with van der Waals surface area (Å²) in [5.74, 6) is -1.07. The minimum absolute atomic E-state index is 0.0634. The average Bonchev–Trinajstić information content (AvgIpc) is 2.23. The fourth-order valence-electron chi connectivity index (χ4n) is 1.15. The van der Waals surface area contributed by atoms with Gasteiger partial charge in [0, 0.05) is 12.1 Å². The minimum atomic E-state index is -0.541. The SMILES string of the molecule is C=CCCNCc1c(F)ccc(Br)c1F. The van der Waals surface area contributed by atoms with Crippen molar-refractivity contribution in [1.82, 2.24) is 5.32 Å². The molecule has 1 aromatic carbocycles. The van der Waals surface area contributed by atoms with E-state index in [1.807, 2.05) is 0 Å². The molecule has 1 aromatic rings. The third kappa shape index (κ3) is 3.39. The summed E-state index contributed by atoms with van der Waals surface area (Å²) in [6.45, 7) is 4.41. The molecule has 0 aromatic heterocycles. The molecule has 0 spiro atoms. The van der Waals surface area contributed by atoms with Crippen LogP contribution in [0.5, 0.6) is 0 Å². The van der Waals surface area contributed by atoms with E-state index in [2.05, 4.69) is 27.8 Å². The Balaban J connectivity index is 2.67. The summed E-state index contributed by atoms with van der Waals surface area (Å²) in [5.41, 5.74) is 0.0634. The lowest BCUT2D eigenvalue weighted by Gasteiger charge is -2.07. The minimum Gasteiger partial charge on any atom is -0.312 e. The first-order valence-electron chi connectivity index (χ1n) is 4.60. The molecule has 0 heterocycles. The van der Waals surface area contributed by atoms with Gasteiger partial charge >= 0.3 is 0 Å². The van der Waals surface area contributed by atoms with Gasteiger partial charge in [-0.1, -0.05) is 6.08 Å². The van der Waals surface area contributed by atoms with E-state index in [1.165, 1.54) is 12.1 Å². The van der Waals surface area contributed by atoms with Crippen molar-refractivity contribution < 1.29 is 8.78 Å². The second kappa shape index (κ2) is 5.98. The van der Waals surface area contributed by atoms with Gasteiger partial charge in [-0.2, -0.15) is 0 Å². The quantitative estimate of drug-likeness (QED) is 0.494. The Bertz CT molecular complexity index is 353. The molecule has 4 heteroatoms. The van der Waals surface area contributed by atoms with Crippen molar-refractivity contribution >= 4 is 15.9 Å². The Morgan fingerprint density at radius 3 is 2.80 bits per heavy atom.